The second kappa shape index (κ2) is 7.64. The van der Waals surface area contributed by atoms with E-state index in [0.717, 1.165) is 38.8 Å². The predicted octanol–water partition coefficient (Wildman–Crippen LogP) is 2.84. The van der Waals surface area contributed by atoms with Gasteiger partial charge in [-0.1, -0.05) is 30.3 Å². The molecule has 2 aliphatic heterocycles. The molecule has 3 N–H and O–H groups in total. The first-order valence-corrected chi connectivity index (χ1v) is 11.7. The van der Waals surface area contributed by atoms with E-state index in [0.29, 0.717) is 43.5 Å². The molecule has 1 saturated heterocycles. The van der Waals surface area contributed by atoms with Crippen molar-refractivity contribution in [3.05, 3.63) is 65.2 Å². The molecule has 0 atom stereocenters. The van der Waals surface area contributed by atoms with Crippen molar-refractivity contribution in [1.82, 2.24) is 4.31 Å². The lowest BCUT2D eigenvalue weighted by Gasteiger charge is -2.26. The maximum atomic E-state index is 12.9. The third-order valence-electron chi connectivity index (χ3n) is 5.91. The number of hydrogen-bond acceptors (Lipinski definition) is 6. The van der Waals surface area contributed by atoms with E-state index in [9.17, 15) is 8.42 Å². The average Bonchev–Trinajstić information content (AvgIpc) is 3.11. The van der Waals surface area contributed by atoms with E-state index in [1.54, 1.807) is 12.1 Å². The maximum Gasteiger partial charge on any atom is 0.243 e. The second-order valence-corrected chi connectivity index (χ2v) is 9.68. The zero-order chi connectivity index (χ0) is 21.6. The van der Waals surface area contributed by atoms with Crippen LogP contribution in [0.5, 0.6) is 0 Å². The van der Waals surface area contributed by atoms with Crippen LogP contribution < -0.4 is 11.1 Å². The number of sulfonamides is 1. The first kappa shape index (κ1) is 20.0. The highest BCUT2D eigenvalue weighted by atomic mass is 32.2. The van der Waals surface area contributed by atoms with Crippen LogP contribution in [0.4, 0.5) is 11.4 Å². The van der Waals surface area contributed by atoms with Gasteiger partial charge in [-0.25, -0.2) is 13.4 Å². The summed E-state index contributed by atoms with van der Waals surface area (Å²) in [5.74, 6) is 0.539. The summed E-state index contributed by atoms with van der Waals surface area (Å²) in [6, 6.07) is 15.3. The van der Waals surface area contributed by atoms with Gasteiger partial charge < -0.3 is 15.8 Å². The Balaban J connectivity index is 1.47. The Bertz CT molecular complexity index is 1290. The van der Waals surface area contributed by atoms with Crippen LogP contribution in [-0.4, -0.2) is 51.9 Å². The second-order valence-electron chi connectivity index (χ2n) is 7.74. The van der Waals surface area contributed by atoms with Crippen LogP contribution >= 0.6 is 0 Å². The quantitative estimate of drug-likeness (QED) is 0.641. The van der Waals surface area contributed by atoms with E-state index in [2.05, 4.69) is 22.4 Å². The molecule has 5 rings (SSSR count). The van der Waals surface area contributed by atoms with Crippen LogP contribution in [0.25, 0.3) is 10.8 Å². The summed E-state index contributed by atoms with van der Waals surface area (Å²) in [4.78, 5) is 4.86. The maximum absolute atomic E-state index is 12.9. The first-order chi connectivity index (χ1) is 15.0. The van der Waals surface area contributed by atoms with Crippen molar-refractivity contribution >= 4 is 38.0 Å². The molecule has 0 amide bonds. The van der Waals surface area contributed by atoms with E-state index >= 15 is 0 Å². The van der Waals surface area contributed by atoms with Gasteiger partial charge >= 0.3 is 0 Å². The van der Waals surface area contributed by atoms with E-state index in [1.807, 2.05) is 31.3 Å². The minimum absolute atomic E-state index is 0.311. The smallest absolute Gasteiger partial charge is 0.243 e. The Hall–Kier alpha value is -2.94. The summed E-state index contributed by atoms with van der Waals surface area (Å²) in [5, 5.41) is 5.48. The molecule has 0 bridgehead atoms. The molecule has 3 aromatic carbocycles. The largest absolute Gasteiger partial charge is 0.387 e. The van der Waals surface area contributed by atoms with Gasteiger partial charge in [-0.2, -0.15) is 4.31 Å². The Kier molecular flexibility index (Phi) is 4.92. The number of rotatable bonds is 5. The van der Waals surface area contributed by atoms with Gasteiger partial charge in [0.15, 0.2) is 0 Å². The first-order valence-electron chi connectivity index (χ1n) is 10.3. The number of nitrogens with two attached hydrogens (primary N) is 1. The molecule has 7 nitrogen and oxygen atoms in total. The molecule has 160 valence electrons. The summed E-state index contributed by atoms with van der Waals surface area (Å²) >= 11 is 0. The van der Waals surface area contributed by atoms with Crippen LogP contribution in [0.15, 0.2) is 58.4 Å². The van der Waals surface area contributed by atoms with E-state index in [4.69, 9.17) is 10.5 Å². The lowest BCUT2D eigenvalue weighted by Crippen LogP contribution is -2.40. The van der Waals surface area contributed by atoms with Gasteiger partial charge in [0.2, 0.25) is 10.0 Å². The molecule has 1 fully saturated rings. The molecule has 0 aromatic heterocycles. The van der Waals surface area contributed by atoms with Gasteiger partial charge in [0, 0.05) is 42.2 Å². The van der Waals surface area contributed by atoms with Crippen LogP contribution in [0.2, 0.25) is 0 Å². The van der Waals surface area contributed by atoms with Gasteiger partial charge in [-0.3, -0.25) is 0 Å². The highest BCUT2D eigenvalue weighted by Gasteiger charge is 2.26. The van der Waals surface area contributed by atoms with E-state index < -0.39 is 10.0 Å². The molecule has 0 saturated carbocycles. The molecule has 0 unspecified atom stereocenters. The Morgan fingerprint density at radius 2 is 1.87 bits per heavy atom. The predicted molar refractivity (Wildman–Crippen MR) is 123 cm³/mol. The van der Waals surface area contributed by atoms with Gasteiger partial charge in [0.05, 0.1) is 23.8 Å². The zero-order valence-electron chi connectivity index (χ0n) is 17.3. The summed E-state index contributed by atoms with van der Waals surface area (Å²) in [7, 11) is -1.59. The molecular weight excluding hydrogens is 412 g/mol. The summed E-state index contributed by atoms with van der Waals surface area (Å²) in [6.45, 7) is 1.65. The highest BCUT2D eigenvalue weighted by molar-refractivity contribution is 7.89. The highest BCUT2D eigenvalue weighted by Crippen LogP contribution is 2.41. The minimum atomic E-state index is -3.49. The van der Waals surface area contributed by atoms with Gasteiger partial charge in [0.1, 0.15) is 5.84 Å². The lowest BCUT2D eigenvalue weighted by atomic mass is 9.95. The Morgan fingerprint density at radius 3 is 2.58 bits per heavy atom. The molecule has 0 aliphatic carbocycles. The number of benzene rings is 3. The van der Waals surface area contributed by atoms with Crippen molar-refractivity contribution in [2.24, 2.45) is 10.7 Å². The van der Waals surface area contributed by atoms with Crippen molar-refractivity contribution in [1.29, 1.82) is 0 Å². The van der Waals surface area contributed by atoms with Gasteiger partial charge in [-0.15, -0.1) is 0 Å². The fourth-order valence-corrected chi connectivity index (χ4v) is 5.79. The molecule has 0 spiro atoms. The normalized spacial score (nSPS) is 16.5. The zero-order valence-corrected chi connectivity index (χ0v) is 18.1. The van der Waals surface area contributed by atoms with Crippen molar-refractivity contribution in [2.75, 3.05) is 38.7 Å². The number of nitrogens with one attached hydrogen (secondary N) is 1. The number of ether oxygens (including phenoxy) is 1. The van der Waals surface area contributed by atoms with Crippen LogP contribution in [0, 0.1) is 0 Å². The van der Waals surface area contributed by atoms with Crippen LogP contribution in [-0.2, 0) is 21.2 Å². The number of amidine groups is 1. The standard InChI is InChI=1S/C23H24N4O3S/c1-25-22-16(14-20-21-18(22)3-2-4-19(21)23(24)26-20)13-15-5-7-17(8-6-15)31(28,29)27-9-11-30-12-10-27/h2-8,14,25H,9-13H2,1H3,(H2,24,26). The van der Waals surface area contributed by atoms with Gasteiger partial charge in [0.25, 0.3) is 0 Å². The number of anilines is 1. The third-order valence-corrected chi connectivity index (χ3v) is 7.83. The Labute approximate surface area is 181 Å². The number of morpholine rings is 1. The fraction of sp³-hybridized carbons (Fsp3) is 0.261. The number of nitrogens with zero attached hydrogens (tertiary/aromatic N) is 2. The summed E-state index contributed by atoms with van der Waals surface area (Å²) < 4.78 is 32.5. The molecule has 2 heterocycles. The van der Waals surface area contributed by atoms with Crippen molar-refractivity contribution < 1.29 is 13.2 Å². The van der Waals surface area contributed by atoms with Crippen LogP contribution in [0.1, 0.15) is 16.7 Å². The number of aliphatic imine (C=N–C) groups is 1. The van der Waals surface area contributed by atoms with E-state index in [-0.39, 0.29) is 0 Å². The SMILES string of the molecule is CNc1c(Cc2ccc(S(=O)(=O)N3CCOCC3)cc2)cc2c3c(cccc13)C(N)=N2. The van der Waals surface area contributed by atoms with Crippen molar-refractivity contribution in [3.8, 4) is 0 Å². The monoisotopic (exact) mass is 436 g/mol. The van der Waals surface area contributed by atoms with E-state index in [1.165, 1.54) is 4.31 Å². The summed E-state index contributed by atoms with van der Waals surface area (Å²) in [5.41, 5.74) is 11.1. The van der Waals surface area contributed by atoms with Gasteiger partial charge in [-0.05, 0) is 35.7 Å². The van der Waals surface area contributed by atoms with Crippen molar-refractivity contribution in [2.45, 2.75) is 11.3 Å². The van der Waals surface area contributed by atoms with Crippen LogP contribution in [0.3, 0.4) is 0 Å². The molecular formula is C23H24N4O3S. The average molecular weight is 437 g/mol. The third kappa shape index (κ3) is 3.37. The minimum Gasteiger partial charge on any atom is -0.387 e. The molecule has 0 radical (unpaired) electrons. The number of hydrogen-bond donors (Lipinski definition) is 2. The van der Waals surface area contributed by atoms with Crippen molar-refractivity contribution in [3.63, 3.8) is 0 Å². The topological polar surface area (TPSA) is 97.0 Å². The Morgan fingerprint density at radius 1 is 1.13 bits per heavy atom. The summed E-state index contributed by atoms with van der Waals surface area (Å²) in [6.07, 6.45) is 0.649. The lowest BCUT2D eigenvalue weighted by molar-refractivity contribution is 0.0730. The fourth-order valence-electron chi connectivity index (χ4n) is 4.38. The molecule has 2 aliphatic rings. The molecule has 8 heteroatoms. The molecule has 3 aromatic rings. The molecule has 31 heavy (non-hydrogen) atoms.